The average Bonchev–Trinajstić information content (AvgIpc) is 3.40. The minimum atomic E-state index is -0.433. The van der Waals surface area contributed by atoms with E-state index in [2.05, 4.69) is 10.1 Å². The second-order valence-corrected chi connectivity index (χ2v) is 6.69. The van der Waals surface area contributed by atoms with Crippen LogP contribution >= 0.6 is 11.3 Å². The van der Waals surface area contributed by atoms with E-state index in [1.165, 1.54) is 15.9 Å². The molecule has 0 aliphatic rings. The number of para-hydroxylation sites is 2. The third-order valence-electron chi connectivity index (χ3n) is 3.90. The minimum absolute atomic E-state index is 0.0533. The summed E-state index contributed by atoms with van der Waals surface area (Å²) >= 11 is 1.49. The summed E-state index contributed by atoms with van der Waals surface area (Å²) in [5, 5.41) is 5.71. The maximum Gasteiger partial charge on any atom is 0.419 e. The number of hydrogen-bond acceptors (Lipinski definition) is 8. The van der Waals surface area contributed by atoms with Crippen LogP contribution in [-0.2, 0) is 22.7 Å². The molecule has 0 N–H and O–H groups in total. The van der Waals surface area contributed by atoms with Gasteiger partial charge in [-0.25, -0.2) is 4.79 Å². The third kappa shape index (κ3) is 3.82. The van der Waals surface area contributed by atoms with E-state index in [0.717, 1.165) is 4.88 Å². The molecule has 27 heavy (non-hydrogen) atoms. The summed E-state index contributed by atoms with van der Waals surface area (Å²) in [5.74, 6) is -0.109. The highest BCUT2D eigenvalue weighted by atomic mass is 32.1. The van der Waals surface area contributed by atoms with E-state index in [4.69, 9.17) is 13.7 Å². The fourth-order valence-electron chi connectivity index (χ4n) is 2.64. The van der Waals surface area contributed by atoms with Gasteiger partial charge in [-0.2, -0.15) is 4.98 Å². The fourth-order valence-corrected chi connectivity index (χ4v) is 3.28. The topological polar surface area (TPSA) is 100 Å². The number of hydrogen-bond donors (Lipinski definition) is 0. The summed E-state index contributed by atoms with van der Waals surface area (Å²) < 4.78 is 17.0. The van der Waals surface area contributed by atoms with Crippen molar-refractivity contribution in [3.8, 4) is 10.8 Å². The third-order valence-corrected chi connectivity index (χ3v) is 4.76. The molecular formula is C18H15N3O5S. The first-order valence-corrected chi connectivity index (χ1v) is 9.19. The van der Waals surface area contributed by atoms with Crippen LogP contribution in [0.5, 0.6) is 0 Å². The number of carbonyl (C=O) groups excluding carboxylic acids is 1. The minimum Gasteiger partial charge on any atom is -0.457 e. The van der Waals surface area contributed by atoms with E-state index in [1.54, 1.807) is 18.2 Å². The van der Waals surface area contributed by atoms with Crippen LogP contribution in [0, 0.1) is 0 Å². The maximum atomic E-state index is 11.9. The molecule has 3 aromatic heterocycles. The van der Waals surface area contributed by atoms with Crippen LogP contribution in [-0.4, -0.2) is 20.7 Å². The Balaban J connectivity index is 1.28. The van der Waals surface area contributed by atoms with Crippen molar-refractivity contribution in [1.29, 1.82) is 0 Å². The molecule has 0 saturated heterocycles. The Kier molecular flexibility index (Phi) is 4.84. The number of thiophene rings is 1. The molecule has 0 aliphatic carbocycles. The number of aromatic nitrogens is 3. The largest absolute Gasteiger partial charge is 0.457 e. The number of nitrogens with zero attached hydrogens (tertiary/aromatic N) is 3. The Hall–Kier alpha value is -3.20. The predicted molar refractivity (Wildman–Crippen MR) is 97.1 cm³/mol. The average molecular weight is 385 g/mol. The number of oxazole rings is 1. The van der Waals surface area contributed by atoms with Gasteiger partial charge in [0.25, 0.3) is 5.89 Å². The van der Waals surface area contributed by atoms with E-state index in [0.29, 0.717) is 35.8 Å². The highest BCUT2D eigenvalue weighted by molar-refractivity contribution is 7.13. The highest BCUT2D eigenvalue weighted by Gasteiger charge is 2.13. The summed E-state index contributed by atoms with van der Waals surface area (Å²) in [6.07, 6.45) is 0.622. The molecule has 0 amide bonds. The van der Waals surface area contributed by atoms with Crippen LogP contribution in [0.4, 0.5) is 0 Å². The van der Waals surface area contributed by atoms with Crippen LogP contribution in [0.3, 0.4) is 0 Å². The predicted octanol–water partition coefficient (Wildman–Crippen LogP) is 3.23. The number of aryl methyl sites for hydroxylation is 1. The van der Waals surface area contributed by atoms with Gasteiger partial charge in [-0.1, -0.05) is 23.4 Å². The quantitative estimate of drug-likeness (QED) is 0.450. The lowest BCUT2D eigenvalue weighted by molar-refractivity contribution is -0.145. The Morgan fingerprint density at radius 1 is 1.22 bits per heavy atom. The fraction of sp³-hybridized carbons (Fsp3) is 0.222. The van der Waals surface area contributed by atoms with Crippen molar-refractivity contribution in [2.24, 2.45) is 0 Å². The van der Waals surface area contributed by atoms with E-state index in [1.807, 2.05) is 23.6 Å². The molecule has 4 aromatic rings. The molecule has 4 rings (SSSR count). The first kappa shape index (κ1) is 17.2. The van der Waals surface area contributed by atoms with E-state index in [-0.39, 0.29) is 13.0 Å². The van der Waals surface area contributed by atoms with Gasteiger partial charge in [0.15, 0.2) is 12.2 Å². The van der Waals surface area contributed by atoms with Crippen molar-refractivity contribution in [2.45, 2.75) is 26.0 Å². The van der Waals surface area contributed by atoms with Gasteiger partial charge in [0.05, 0.1) is 10.4 Å². The Morgan fingerprint density at radius 2 is 2.11 bits per heavy atom. The number of fused-ring (bicyclic) bond motifs is 1. The lowest BCUT2D eigenvalue weighted by Gasteiger charge is -2.03. The van der Waals surface area contributed by atoms with Crippen LogP contribution in [0.1, 0.15) is 18.7 Å². The molecule has 0 saturated carbocycles. The van der Waals surface area contributed by atoms with E-state index < -0.39 is 11.7 Å². The summed E-state index contributed by atoms with van der Waals surface area (Å²) in [4.78, 5) is 28.8. The van der Waals surface area contributed by atoms with Crippen LogP contribution in [0.25, 0.3) is 21.9 Å². The maximum absolute atomic E-state index is 11.9. The molecule has 0 spiro atoms. The summed E-state index contributed by atoms with van der Waals surface area (Å²) in [6, 6.07) is 10.9. The van der Waals surface area contributed by atoms with E-state index in [9.17, 15) is 9.59 Å². The number of esters is 1. The molecule has 9 heteroatoms. The van der Waals surface area contributed by atoms with Crippen molar-refractivity contribution in [3.05, 3.63) is 58.2 Å². The second-order valence-electron chi connectivity index (χ2n) is 5.74. The Morgan fingerprint density at radius 3 is 2.96 bits per heavy atom. The smallest absolute Gasteiger partial charge is 0.419 e. The number of rotatable bonds is 7. The normalized spacial score (nSPS) is 11.1. The summed E-state index contributed by atoms with van der Waals surface area (Å²) in [5.41, 5.74) is 1.24. The molecule has 1 aromatic carbocycles. The van der Waals surface area contributed by atoms with Crippen molar-refractivity contribution in [3.63, 3.8) is 0 Å². The molecule has 0 fully saturated rings. The molecular weight excluding hydrogens is 370 g/mol. The zero-order valence-electron chi connectivity index (χ0n) is 14.2. The molecule has 0 unspecified atom stereocenters. The molecule has 0 bridgehead atoms. The number of benzene rings is 1. The van der Waals surface area contributed by atoms with Crippen LogP contribution < -0.4 is 5.76 Å². The molecule has 8 nitrogen and oxygen atoms in total. The first-order chi connectivity index (χ1) is 13.2. The lowest BCUT2D eigenvalue weighted by Crippen LogP contribution is -2.15. The van der Waals surface area contributed by atoms with E-state index >= 15 is 0 Å². The van der Waals surface area contributed by atoms with Gasteiger partial charge >= 0.3 is 11.7 Å². The SMILES string of the molecule is O=C(CCCn1c(=O)oc2ccccc21)OCc1noc(-c2cccs2)n1. The zero-order chi connectivity index (χ0) is 18.6. The van der Waals surface area contributed by atoms with Gasteiger partial charge in [-0.05, 0) is 30.0 Å². The molecule has 0 atom stereocenters. The second kappa shape index (κ2) is 7.58. The van der Waals surface area contributed by atoms with Crippen molar-refractivity contribution < 1.29 is 18.5 Å². The molecule has 3 heterocycles. The Labute approximate surface area is 157 Å². The number of ether oxygens (including phenoxy) is 1. The van der Waals surface area contributed by atoms with Crippen molar-refractivity contribution in [2.75, 3.05) is 0 Å². The van der Waals surface area contributed by atoms with Gasteiger partial charge in [0.1, 0.15) is 0 Å². The zero-order valence-corrected chi connectivity index (χ0v) is 15.0. The Bertz CT molecular complexity index is 1110. The van der Waals surface area contributed by atoms with Gasteiger partial charge in [-0.15, -0.1) is 11.3 Å². The lowest BCUT2D eigenvalue weighted by atomic mass is 10.3. The van der Waals surface area contributed by atoms with Gasteiger partial charge in [0.2, 0.25) is 5.82 Å². The highest BCUT2D eigenvalue weighted by Crippen LogP contribution is 2.22. The monoisotopic (exact) mass is 385 g/mol. The van der Waals surface area contributed by atoms with Crippen molar-refractivity contribution in [1.82, 2.24) is 14.7 Å². The summed E-state index contributed by atoms with van der Waals surface area (Å²) in [7, 11) is 0. The van der Waals surface area contributed by atoms with Gasteiger partial charge in [0, 0.05) is 13.0 Å². The standard InChI is InChI=1S/C18H15N3O5S/c22-16(24-11-15-19-17(26-20-15)14-7-4-10-27-14)8-3-9-21-12-5-1-2-6-13(12)25-18(21)23/h1-2,4-7,10H,3,8-9,11H2. The first-order valence-electron chi connectivity index (χ1n) is 8.31. The van der Waals surface area contributed by atoms with Gasteiger partial charge in [-0.3, -0.25) is 9.36 Å². The van der Waals surface area contributed by atoms with Gasteiger partial charge < -0.3 is 13.7 Å². The van der Waals surface area contributed by atoms with Crippen LogP contribution in [0.2, 0.25) is 0 Å². The number of carbonyl (C=O) groups is 1. The molecule has 0 aliphatic heterocycles. The van der Waals surface area contributed by atoms with Crippen molar-refractivity contribution >= 4 is 28.4 Å². The van der Waals surface area contributed by atoms with Crippen LogP contribution in [0.15, 0.2) is 55.5 Å². The summed E-state index contributed by atoms with van der Waals surface area (Å²) in [6.45, 7) is 0.317. The molecule has 138 valence electrons. The molecule has 0 radical (unpaired) electrons.